The van der Waals surface area contributed by atoms with E-state index in [4.69, 9.17) is 0 Å². The molecule has 1 aliphatic carbocycles. The molecule has 0 spiro atoms. The first kappa shape index (κ1) is 11.6. The van der Waals surface area contributed by atoms with Crippen molar-refractivity contribution in [2.75, 3.05) is 0 Å². The Bertz CT molecular complexity index is 592. The van der Waals surface area contributed by atoms with Crippen LogP contribution in [-0.2, 0) is 6.42 Å². The van der Waals surface area contributed by atoms with Crippen LogP contribution in [0.4, 0.5) is 0 Å². The number of pyridine rings is 1. The van der Waals surface area contributed by atoms with E-state index in [9.17, 15) is 4.79 Å². The summed E-state index contributed by atoms with van der Waals surface area (Å²) in [5, 5.41) is 0. The van der Waals surface area contributed by atoms with E-state index in [-0.39, 0.29) is 5.78 Å². The van der Waals surface area contributed by atoms with Gasteiger partial charge in [-0.3, -0.25) is 9.78 Å². The van der Waals surface area contributed by atoms with E-state index >= 15 is 0 Å². The van der Waals surface area contributed by atoms with Crippen LogP contribution in [-0.4, -0.2) is 10.8 Å². The van der Waals surface area contributed by atoms with Gasteiger partial charge in [0.2, 0.25) is 0 Å². The number of carbonyl (C=O) groups excluding carboxylic acids is 1. The molecule has 0 saturated carbocycles. The van der Waals surface area contributed by atoms with Gasteiger partial charge in [0.1, 0.15) is 5.69 Å². The number of hydrogen-bond donors (Lipinski definition) is 0. The average molecular weight is 302 g/mol. The molecule has 18 heavy (non-hydrogen) atoms. The Labute approximate surface area is 114 Å². The number of rotatable bonds is 3. The molecule has 0 aliphatic heterocycles. The van der Waals surface area contributed by atoms with Crippen molar-refractivity contribution in [2.24, 2.45) is 0 Å². The van der Waals surface area contributed by atoms with Gasteiger partial charge in [-0.2, -0.15) is 0 Å². The predicted octanol–water partition coefficient (Wildman–Crippen LogP) is 3.76. The largest absolute Gasteiger partial charge is 0.292 e. The summed E-state index contributed by atoms with van der Waals surface area (Å²) in [5.41, 5.74) is 3.25. The number of Topliss-reactive ketones (excluding diaryl/α,β-unsaturated/α-hetero) is 1. The second-order valence-corrected chi connectivity index (χ2v) is 5.50. The topological polar surface area (TPSA) is 30.0 Å². The number of carbonyl (C=O) groups is 1. The van der Waals surface area contributed by atoms with Crippen molar-refractivity contribution in [3.63, 3.8) is 0 Å². The molecule has 1 aromatic carbocycles. The minimum Gasteiger partial charge on any atom is -0.292 e. The van der Waals surface area contributed by atoms with Crippen LogP contribution in [0, 0.1) is 0 Å². The zero-order chi connectivity index (χ0) is 12.5. The van der Waals surface area contributed by atoms with Crippen LogP contribution in [0.1, 0.15) is 34.0 Å². The smallest absolute Gasteiger partial charge is 0.181 e. The number of fused-ring (bicyclic) bond motifs is 1. The summed E-state index contributed by atoms with van der Waals surface area (Å²) in [5.74, 6) is 0.501. The second-order valence-electron chi connectivity index (χ2n) is 4.59. The molecular weight excluding hydrogens is 290 g/mol. The highest BCUT2D eigenvalue weighted by atomic mass is 79.9. The van der Waals surface area contributed by atoms with Crippen LogP contribution in [0.15, 0.2) is 47.1 Å². The Morgan fingerprint density at radius 3 is 2.83 bits per heavy atom. The number of benzene rings is 1. The summed E-state index contributed by atoms with van der Waals surface area (Å²) >= 11 is 3.32. The van der Waals surface area contributed by atoms with E-state index < -0.39 is 0 Å². The normalized spacial score (nSPS) is 16.8. The fourth-order valence-corrected chi connectivity index (χ4v) is 2.65. The maximum atomic E-state index is 12.1. The Morgan fingerprint density at radius 2 is 2.11 bits per heavy atom. The second kappa shape index (κ2) is 4.65. The van der Waals surface area contributed by atoms with Gasteiger partial charge in [-0.1, -0.05) is 24.3 Å². The van der Waals surface area contributed by atoms with Gasteiger partial charge in [-0.25, -0.2) is 0 Å². The van der Waals surface area contributed by atoms with Crippen LogP contribution >= 0.6 is 15.9 Å². The minimum absolute atomic E-state index is 0.127. The molecule has 1 aliphatic rings. The van der Waals surface area contributed by atoms with E-state index in [1.165, 1.54) is 11.1 Å². The van der Waals surface area contributed by atoms with E-state index in [2.05, 4.69) is 33.0 Å². The van der Waals surface area contributed by atoms with Gasteiger partial charge in [0.05, 0.1) is 0 Å². The summed E-state index contributed by atoms with van der Waals surface area (Å²) in [6, 6.07) is 12.0. The van der Waals surface area contributed by atoms with Gasteiger partial charge in [0, 0.05) is 17.1 Å². The lowest BCUT2D eigenvalue weighted by Gasteiger charge is -2.29. The van der Waals surface area contributed by atoms with E-state index in [1.807, 2.05) is 18.2 Å². The van der Waals surface area contributed by atoms with E-state index in [0.29, 0.717) is 18.0 Å². The average Bonchev–Trinajstić information content (AvgIpc) is 2.36. The molecule has 3 heteroatoms. The van der Waals surface area contributed by atoms with E-state index in [0.717, 1.165) is 10.9 Å². The molecule has 0 fully saturated rings. The highest BCUT2D eigenvalue weighted by Crippen LogP contribution is 2.37. The maximum Gasteiger partial charge on any atom is 0.181 e. The molecule has 2 nitrogen and oxygen atoms in total. The SMILES string of the molecule is O=C(CC1Cc2ccccc21)c1ccc(Br)cn1. The number of aromatic nitrogens is 1. The van der Waals surface area contributed by atoms with Crippen LogP contribution in [0.3, 0.4) is 0 Å². The van der Waals surface area contributed by atoms with Crippen LogP contribution in [0.5, 0.6) is 0 Å². The Kier molecular flexibility index (Phi) is 3.00. The third-order valence-corrected chi connectivity index (χ3v) is 3.88. The van der Waals surface area contributed by atoms with Crippen molar-refractivity contribution in [2.45, 2.75) is 18.8 Å². The predicted molar refractivity (Wildman–Crippen MR) is 73.8 cm³/mol. The maximum absolute atomic E-state index is 12.1. The standard InChI is InChI=1S/C15H12BrNO/c16-12-5-6-14(17-9-12)15(18)8-11-7-10-3-1-2-4-13(10)11/h1-6,9,11H,7-8H2. The molecule has 0 radical (unpaired) electrons. The highest BCUT2D eigenvalue weighted by molar-refractivity contribution is 9.10. The Hall–Kier alpha value is -1.48. The molecule has 2 aromatic rings. The molecule has 90 valence electrons. The molecule has 0 bridgehead atoms. The fraction of sp³-hybridized carbons (Fsp3) is 0.200. The van der Waals surface area contributed by atoms with Gasteiger partial charge in [0.15, 0.2) is 5.78 Å². The van der Waals surface area contributed by atoms with Crippen molar-refractivity contribution in [1.29, 1.82) is 0 Å². The van der Waals surface area contributed by atoms with Gasteiger partial charge in [-0.15, -0.1) is 0 Å². The molecular formula is C15H12BrNO. The molecule has 0 N–H and O–H groups in total. The summed E-state index contributed by atoms with van der Waals surface area (Å²) in [6.07, 6.45) is 3.24. The molecule has 1 unspecified atom stereocenters. The minimum atomic E-state index is 0.127. The number of nitrogens with zero attached hydrogens (tertiary/aromatic N) is 1. The molecule has 3 rings (SSSR count). The summed E-state index contributed by atoms with van der Waals surface area (Å²) in [6.45, 7) is 0. The molecule has 0 amide bonds. The van der Waals surface area contributed by atoms with Crippen molar-refractivity contribution < 1.29 is 4.79 Å². The summed E-state index contributed by atoms with van der Waals surface area (Å²) < 4.78 is 0.896. The quantitative estimate of drug-likeness (QED) is 0.808. The molecule has 0 saturated heterocycles. The lowest BCUT2D eigenvalue weighted by atomic mass is 9.75. The van der Waals surface area contributed by atoms with Gasteiger partial charge < -0.3 is 0 Å². The number of halogens is 1. The number of hydrogen-bond acceptors (Lipinski definition) is 2. The summed E-state index contributed by atoms with van der Waals surface area (Å²) in [7, 11) is 0. The van der Waals surface area contributed by atoms with Gasteiger partial charge in [0.25, 0.3) is 0 Å². The zero-order valence-electron chi connectivity index (χ0n) is 9.77. The fourth-order valence-electron chi connectivity index (χ4n) is 2.41. The molecule has 1 atom stereocenters. The van der Waals surface area contributed by atoms with Crippen molar-refractivity contribution in [3.05, 3.63) is 63.9 Å². The summed E-state index contributed by atoms with van der Waals surface area (Å²) in [4.78, 5) is 16.2. The monoisotopic (exact) mass is 301 g/mol. The van der Waals surface area contributed by atoms with Gasteiger partial charge >= 0.3 is 0 Å². The van der Waals surface area contributed by atoms with Crippen LogP contribution < -0.4 is 0 Å². The lowest BCUT2D eigenvalue weighted by molar-refractivity contribution is 0.0965. The van der Waals surface area contributed by atoms with Crippen LogP contribution in [0.2, 0.25) is 0 Å². The van der Waals surface area contributed by atoms with Gasteiger partial charge in [-0.05, 0) is 51.5 Å². The first-order valence-electron chi connectivity index (χ1n) is 5.96. The highest BCUT2D eigenvalue weighted by Gasteiger charge is 2.27. The van der Waals surface area contributed by atoms with Crippen LogP contribution in [0.25, 0.3) is 0 Å². The number of ketones is 1. The molecule has 1 aromatic heterocycles. The third-order valence-electron chi connectivity index (χ3n) is 3.41. The first-order chi connectivity index (χ1) is 8.74. The van der Waals surface area contributed by atoms with Crippen molar-refractivity contribution >= 4 is 21.7 Å². The zero-order valence-corrected chi connectivity index (χ0v) is 11.4. The first-order valence-corrected chi connectivity index (χ1v) is 6.76. The lowest BCUT2D eigenvalue weighted by Crippen LogP contribution is -2.20. The molecule has 1 heterocycles. The Balaban J connectivity index is 1.72. The van der Waals surface area contributed by atoms with E-state index in [1.54, 1.807) is 12.3 Å². The third kappa shape index (κ3) is 2.10. The Morgan fingerprint density at radius 1 is 1.28 bits per heavy atom. The van der Waals surface area contributed by atoms with Crippen molar-refractivity contribution in [1.82, 2.24) is 4.98 Å². The van der Waals surface area contributed by atoms with Crippen molar-refractivity contribution in [3.8, 4) is 0 Å².